The molecule has 4 nitrogen and oxygen atoms in total. The number of thiazole rings is 1. The minimum Gasteiger partial charge on any atom is -0.229 e. The lowest BCUT2D eigenvalue weighted by Crippen LogP contribution is -2.39. The van der Waals surface area contributed by atoms with Gasteiger partial charge in [-0.05, 0) is 32.1 Å². The normalized spacial score (nSPS) is 17.2. The van der Waals surface area contributed by atoms with Crippen LogP contribution >= 0.6 is 22.9 Å². The first-order valence-corrected chi connectivity index (χ1v) is 10.1. The highest BCUT2D eigenvalue weighted by molar-refractivity contribution is 7.91. The number of aromatic nitrogens is 1. The number of sulfonamides is 1. The summed E-state index contributed by atoms with van der Waals surface area (Å²) in [5.74, 6) is 0.482. The lowest BCUT2D eigenvalue weighted by Gasteiger charge is -2.28. The van der Waals surface area contributed by atoms with Crippen LogP contribution < -0.4 is 0 Å². The van der Waals surface area contributed by atoms with E-state index in [9.17, 15) is 8.42 Å². The van der Waals surface area contributed by atoms with Crippen LogP contribution in [0, 0.1) is 12.8 Å². The number of nitrogens with zero attached hydrogens (tertiary/aromatic N) is 2. The van der Waals surface area contributed by atoms with Gasteiger partial charge in [-0.15, -0.1) is 0 Å². The zero-order chi connectivity index (χ0) is 15.6. The molecule has 0 amide bonds. The van der Waals surface area contributed by atoms with Crippen molar-refractivity contribution in [3.63, 3.8) is 0 Å². The molecule has 1 aromatic rings. The molecule has 0 bridgehead atoms. The number of aryl methyl sites for hydroxylation is 1. The summed E-state index contributed by atoms with van der Waals surface area (Å²) in [5, 5.41) is 0. The van der Waals surface area contributed by atoms with Crippen molar-refractivity contribution >= 4 is 33.0 Å². The minimum absolute atomic E-state index is 0.133. The summed E-state index contributed by atoms with van der Waals surface area (Å²) in [4.78, 5) is 4.06. The number of hydrogen-bond acceptors (Lipinski definition) is 4. The SMILES string of the molecule is Cc1nc(Cl)sc1S(=O)(=O)N(CCC(C)C)C1CCCC1. The molecule has 0 saturated heterocycles. The van der Waals surface area contributed by atoms with Gasteiger partial charge < -0.3 is 0 Å². The zero-order valence-electron chi connectivity index (χ0n) is 12.8. The lowest BCUT2D eigenvalue weighted by atomic mass is 10.1. The van der Waals surface area contributed by atoms with Gasteiger partial charge in [0.15, 0.2) is 8.68 Å². The summed E-state index contributed by atoms with van der Waals surface area (Å²) in [6.07, 6.45) is 5.02. The van der Waals surface area contributed by atoms with Crippen LogP contribution in [0.4, 0.5) is 0 Å². The van der Waals surface area contributed by atoms with E-state index in [4.69, 9.17) is 11.6 Å². The van der Waals surface area contributed by atoms with Crippen molar-refractivity contribution in [3.05, 3.63) is 10.2 Å². The van der Waals surface area contributed by atoms with E-state index in [1.165, 1.54) is 0 Å². The average Bonchev–Trinajstić information content (AvgIpc) is 2.99. The van der Waals surface area contributed by atoms with Gasteiger partial charge in [-0.3, -0.25) is 0 Å². The highest BCUT2D eigenvalue weighted by atomic mass is 35.5. The Balaban J connectivity index is 2.31. The molecule has 0 spiro atoms. The fourth-order valence-electron chi connectivity index (χ4n) is 2.77. The summed E-state index contributed by atoms with van der Waals surface area (Å²) < 4.78 is 28.3. The molecule has 7 heteroatoms. The molecular formula is C14H23ClN2O2S2. The molecule has 1 heterocycles. The topological polar surface area (TPSA) is 50.3 Å². The maximum Gasteiger partial charge on any atom is 0.254 e. The van der Waals surface area contributed by atoms with Crippen molar-refractivity contribution in [3.8, 4) is 0 Å². The molecule has 0 aliphatic heterocycles. The average molecular weight is 351 g/mol. The van der Waals surface area contributed by atoms with E-state index in [-0.39, 0.29) is 6.04 Å². The Labute approximate surface area is 136 Å². The molecule has 1 aromatic heterocycles. The second-order valence-electron chi connectivity index (χ2n) is 6.08. The third-order valence-electron chi connectivity index (χ3n) is 3.93. The van der Waals surface area contributed by atoms with E-state index in [1.54, 1.807) is 11.2 Å². The lowest BCUT2D eigenvalue weighted by molar-refractivity contribution is 0.305. The first kappa shape index (κ1) is 17.2. The Hall–Kier alpha value is -0.170. The van der Waals surface area contributed by atoms with Gasteiger partial charge in [0.05, 0.1) is 5.69 Å². The molecule has 0 N–H and O–H groups in total. The monoisotopic (exact) mass is 350 g/mol. The second-order valence-corrected chi connectivity index (χ2v) is 9.74. The van der Waals surface area contributed by atoms with Gasteiger partial charge in [0, 0.05) is 12.6 Å². The van der Waals surface area contributed by atoms with Gasteiger partial charge in [0.1, 0.15) is 0 Å². The minimum atomic E-state index is -3.49. The maximum atomic E-state index is 13.0. The molecule has 0 atom stereocenters. The Bertz CT molecular complexity index is 578. The summed E-state index contributed by atoms with van der Waals surface area (Å²) in [6, 6.07) is 0.133. The molecule has 0 radical (unpaired) electrons. The first-order chi connectivity index (χ1) is 9.82. The largest absolute Gasteiger partial charge is 0.254 e. The van der Waals surface area contributed by atoms with Crippen LogP contribution in [0.2, 0.25) is 4.47 Å². The van der Waals surface area contributed by atoms with Crippen LogP contribution in [0.5, 0.6) is 0 Å². The fourth-order valence-corrected chi connectivity index (χ4v) is 6.32. The zero-order valence-corrected chi connectivity index (χ0v) is 15.2. The Morgan fingerprint density at radius 2 is 2.00 bits per heavy atom. The Morgan fingerprint density at radius 3 is 2.48 bits per heavy atom. The van der Waals surface area contributed by atoms with Crippen molar-refractivity contribution in [2.75, 3.05) is 6.54 Å². The summed E-state index contributed by atoms with van der Waals surface area (Å²) in [7, 11) is -3.49. The molecule has 120 valence electrons. The molecular weight excluding hydrogens is 328 g/mol. The van der Waals surface area contributed by atoms with Crippen molar-refractivity contribution in [1.82, 2.24) is 9.29 Å². The Kier molecular flexibility index (Phi) is 5.68. The maximum absolute atomic E-state index is 13.0. The predicted molar refractivity (Wildman–Crippen MR) is 87.5 cm³/mol. The molecule has 1 saturated carbocycles. The summed E-state index contributed by atoms with van der Waals surface area (Å²) >= 11 is 6.96. The standard InChI is InChI=1S/C14H23ClN2O2S2/c1-10(2)8-9-17(12-6-4-5-7-12)21(18,19)13-11(3)16-14(15)20-13/h10,12H,4-9H2,1-3H3. The van der Waals surface area contributed by atoms with Crippen LogP contribution in [-0.4, -0.2) is 30.3 Å². The highest BCUT2D eigenvalue weighted by Gasteiger charge is 2.35. The van der Waals surface area contributed by atoms with E-state index in [0.29, 0.717) is 26.8 Å². The molecule has 1 aliphatic carbocycles. The van der Waals surface area contributed by atoms with Crippen molar-refractivity contribution in [2.45, 2.75) is 63.1 Å². The molecule has 0 aromatic carbocycles. The van der Waals surface area contributed by atoms with Crippen LogP contribution in [-0.2, 0) is 10.0 Å². The van der Waals surface area contributed by atoms with E-state index in [2.05, 4.69) is 18.8 Å². The second kappa shape index (κ2) is 6.94. The van der Waals surface area contributed by atoms with Crippen LogP contribution in [0.1, 0.15) is 51.6 Å². The van der Waals surface area contributed by atoms with Crippen LogP contribution in [0.25, 0.3) is 0 Å². The molecule has 2 rings (SSSR count). The number of halogens is 1. The third kappa shape index (κ3) is 3.97. The van der Waals surface area contributed by atoms with Gasteiger partial charge in [-0.1, -0.05) is 49.6 Å². The fraction of sp³-hybridized carbons (Fsp3) is 0.786. The van der Waals surface area contributed by atoms with Crippen molar-refractivity contribution < 1.29 is 8.42 Å². The first-order valence-electron chi connectivity index (χ1n) is 7.47. The van der Waals surface area contributed by atoms with Crippen molar-refractivity contribution in [1.29, 1.82) is 0 Å². The molecule has 0 unspecified atom stereocenters. The van der Waals surface area contributed by atoms with Gasteiger partial charge in [-0.2, -0.15) is 4.31 Å². The van der Waals surface area contributed by atoms with E-state index in [0.717, 1.165) is 43.4 Å². The van der Waals surface area contributed by atoms with Crippen molar-refractivity contribution in [2.24, 2.45) is 5.92 Å². The molecule has 1 fully saturated rings. The smallest absolute Gasteiger partial charge is 0.229 e. The van der Waals surface area contributed by atoms with Gasteiger partial charge in [0.2, 0.25) is 0 Å². The van der Waals surface area contributed by atoms with Gasteiger partial charge in [0.25, 0.3) is 10.0 Å². The van der Waals surface area contributed by atoms with Gasteiger partial charge >= 0.3 is 0 Å². The summed E-state index contributed by atoms with van der Waals surface area (Å²) in [5.41, 5.74) is 0.512. The third-order valence-corrected chi connectivity index (χ3v) is 7.73. The van der Waals surface area contributed by atoms with Crippen LogP contribution in [0.15, 0.2) is 4.21 Å². The van der Waals surface area contributed by atoms with E-state index >= 15 is 0 Å². The number of hydrogen-bond donors (Lipinski definition) is 0. The van der Waals surface area contributed by atoms with Crippen LogP contribution in [0.3, 0.4) is 0 Å². The van der Waals surface area contributed by atoms with E-state index in [1.807, 2.05) is 0 Å². The molecule has 21 heavy (non-hydrogen) atoms. The predicted octanol–water partition coefficient (Wildman–Crippen LogP) is 4.08. The summed E-state index contributed by atoms with van der Waals surface area (Å²) in [6.45, 7) is 6.53. The highest BCUT2D eigenvalue weighted by Crippen LogP contribution is 2.34. The Morgan fingerprint density at radius 1 is 1.38 bits per heavy atom. The number of rotatable bonds is 6. The van der Waals surface area contributed by atoms with E-state index < -0.39 is 10.0 Å². The quantitative estimate of drug-likeness (QED) is 0.776. The van der Waals surface area contributed by atoms with Gasteiger partial charge in [-0.25, -0.2) is 13.4 Å². The molecule has 1 aliphatic rings.